The van der Waals surface area contributed by atoms with Crippen LogP contribution in [-0.2, 0) is 4.79 Å². The molecule has 0 aliphatic carbocycles. The van der Waals surface area contributed by atoms with Gasteiger partial charge in [0.2, 0.25) is 5.91 Å². The molecule has 2 fully saturated rings. The van der Waals surface area contributed by atoms with E-state index >= 15 is 0 Å². The van der Waals surface area contributed by atoms with Gasteiger partial charge in [-0.1, -0.05) is 51.0 Å². The smallest absolute Gasteiger partial charge is 0.318 e. The van der Waals surface area contributed by atoms with E-state index in [-0.39, 0.29) is 29.7 Å². The van der Waals surface area contributed by atoms with Crippen molar-refractivity contribution in [2.75, 3.05) is 39.3 Å². The molecule has 3 amide bonds. The average molecular weight is 459 g/mol. The van der Waals surface area contributed by atoms with Gasteiger partial charge in [-0.3, -0.25) is 9.69 Å². The van der Waals surface area contributed by atoms with E-state index < -0.39 is 6.04 Å². The van der Waals surface area contributed by atoms with Crippen molar-refractivity contribution in [1.82, 2.24) is 20.0 Å². The molecule has 6 nitrogen and oxygen atoms in total. The minimum atomic E-state index is -0.527. The number of amides is 3. The van der Waals surface area contributed by atoms with Crippen LogP contribution < -0.4 is 5.32 Å². The summed E-state index contributed by atoms with van der Waals surface area (Å²) < 4.78 is 13.4. The Balaban J connectivity index is 1.61. The van der Waals surface area contributed by atoms with Crippen LogP contribution in [0.3, 0.4) is 0 Å². The van der Waals surface area contributed by atoms with Gasteiger partial charge < -0.3 is 15.1 Å². The first-order valence-electron chi connectivity index (χ1n) is 12.3. The predicted octanol–water partition coefficient (Wildman–Crippen LogP) is 4.20. The molecule has 2 aliphatic rings. The summed E-state index contributed by atoms with van der Waals surface area (Å²) in [6, 6.07) is 5.91. The lowest BCUT2D eigenvalue weighted by atomic mass is 9.98. The monoisotopic (exact) mass is 458 g/mol. The van der Waals surface area contributed by atoms with Gasteiger partial charge in [-0.15, -0.1) is 0 Å². The normalized spacial score (nSPS) is 19.7. The van der Waals surface area contributed by atoms with Gasteiger partial charge in [0, 0.05) is 39.3 Å². The lowest BCUT2D eigenvalue weighted by molar-refractivity contribution is -0.136. The Kier molecular flexibility index (Phi) is 8.89. The number of carbonyl (C=O) groups is 2. The lowest BCUT2D eigenvalue weighted by Crippen LogP contribution is -2.58. The van der Waals surface area contributed by atoms with Gasteiger partial charge in [-0.2, -0.15) is 0 Å². The zero-order valence-corrected chi connectivity index (χ0v) is 20.4. The second-order valence-electron chi connectivity index (χ2n) is 9.73. The Bertz CT molecular complexity index is 810. The summed E-state index contributed by atoms with van der Waals surface area (Å²) in [5.41, 5.74) is 2.00. The second-order valence-corrected chi connectivity index (χ2v) is 9.73. The first kappa shape index (κ1) is 25.2. The van der Waals surface area contributed by atoms with Crippen molar-refractivity contribution in [2.45, 2.75) is 58.5 Å². The standard InChI is InChI=1S/C26H39FN4O2/c1-19(2)23(28-26(33)31-13-7-5-6-8-14-31)25(32)30-17-15-29(16-18-30)24(20(3)4)21-9-11-22(27)12-10-21/h9-12,19,23-24H,3,5-8,13-18H2,1-2,4H3,(H,28,33)/t23-,24?/m0/s1. The molecule has 1 unspecified atom stereocenters. The summed E-state index contributed by atoms with van der Waals surface area (Å²) in [7, 11) is 0. The van der Waals surface area contributed by atoms with E-state index in [1.807, 2.05) is 30.6 Å². The molecule has 0 saturated carbocycles. The number of benzene rings is 1. The zero-order chi connectivity index (χ0) is 24.0. The summed E-state index contributed by atoms with van der Waals surface area (Å²) in [5, 5.41) is 3.03. The van der Waals surface area contributed by atoms with Crippen molar-refractivity contribution in [3.63, 3.8) is 0 Å². The van der Waals surface area contributed by atoms with Gasteiger partial charge in [-0.05, 0) is 43.4 Å². The number of rotatable bonds is 6. The van der Waals surface area contributed by atoms with Gasteiger partial charge in [0.1, 0.15) is 11.9 Å². The lowest BCUT2D eigenvalue weighted by Gasteiger charge is -2.41. The van der Waals surface area contributed by atoms with Gasteiger partial charge in [0.05, 0.1) is 6.04 Å². The maximum Gasteiger partial charge on any atom is 0.318 e. The second kappa shape index (κ2) is 11.6. The molecule has 0 bridgehead atoms. The van der Waals surface area contributed by atoms with Crippen LogP contribution in [0.5, 0.6) is 0 Å². The first-order valence-corrected chi connectivity index (χ1v) is 12.3. The number of nitrogens with zero attached hydrogens (tertiary/aromatic N) is 3. The predicted molar refractivity (Wildman–Crippen MR) is 129 cm³/mol. The minimum absolute atomic E-state index is 0.00788. The van der Waals surface area contributed by atoms with Gasteiger partial charge >= 0.3 is 6.03 Å². The number of hydrogen-bond acceptors (Lipinski definition) is 3. The van der Waals surface area contributed by atoms with Crippen molar-refractivity contribution >= 4 is 11.9 Å². The maximum atomic E-state index is 13.4. The highest BCUT2D eigenvalue weighted by molar-refractivity contribution is 5.87. The Morgan fingerprint density at radius 3 is 2.00 bits per heavy atom. The fourth-order valence-corrected chi connectivity index (χ4v) is 4.86. The van der Waals surface area contributed by atoms with E-state index in [0.717, 1.165) is 49.9 Å². The Labute approximate surface area is 197 Å². The Morgan fingerprint density at radius 1 is 0.909 bits per heavy atom. The zero-order valence-electron chi connectivity index (χ0n) is 20.4. The number of piperazine rings is 1. The molecule has 0 radical (unpaired) electrons. The Morgan fingerprint density at radius 2 is 1.48 bits per heavy atom. The molecule has 0 spiro atoms. The van der Waals surface area contributed by atoms with E-state index in [1.165, 1.54) is 12.1 Å². The number of nitrogens with one attached hydrogen (secondary N) is 1. The SMILES string of the molecule is C=C(C)C(c1ccc(F)cc1)N1CCN(C(=O)[C@@H](NC(=O)N2CCCCCC2)C(C)C)CC1. The third-order valence-corrected chi connectivity index (χ3v) is 6.75. The first-order chi connectivity index (χ1) is 15.8. The molecule has 1 aromatic rings. The molecule has 2 heterocycles. The highest BCUT2D eigenvalue weighted by atomic mass is 19.1. The van der Waals surface area contributed by atoms with Crippen molar-refractivity contribution in [3.05, 3.63) is 47.8 Å². The summed E-state index contributed by atoms with van der Waals surface area (Å²) in [6.45, 7) is 14.2. The van der Waals surface area contributed by atoms with E-state index in [9.17, 15) is 14.0 Å². The van der Waals surface area contributed by atoms with E-state index in [2.05, 4.69) is 16.8 Å². The molecule has 1 N–H and O–H groups in total. The Hall–Kier alpha value is -2.41. The molecule has 0 aromatic heterocycles. The number of hydrogen-bond donors (Lipinski definition) is 1. The third kappa shape index (κ3) is 6.56. The van der Waals surface area contributed by atoms with E-state index in [0.29, 0.717) is 26.2 Å². The van der Waals surface area contributed by atoms with Crippen LogP contribution in [0, 0.1) is 11.7 Å². The largest absolute Gasteiger partial charge is 0.338 e. The van der Waals surface area contributed by atoms with Crippen LogP contribution in [-0.4, -0.2) is 71.9 Å². The summed E-state index contributed by atoms with van der Waals surface area (Å²) >= 11 is 0. The topological polar surface area (TPSA) is 55.9 Å². The van der Waals surface area contributed by atoms with Gasteiger partial charge in [0.15, 0.2) is 0 Å². The highest BCUT2D eigenvalue weighted by Crippen LogP contribution is 2.28. The van der Waals surface area contributed by atoms with Crippen LogP contribution in [0.25, 0.3) is 0 Å². The number of halogens is 1. The molecule has 7 heteroatoms. The van der Waals surface area contributed by atoms with Crippen molar-refractivity contribution < 1.29 is 14.0 Å². The summed E-state index contributed by atoms with van der Waals surface area (Å²) in [4.78, 5) is 32.2. The molecular formula is C26H39FN4O2. The fourth-order valence-electron chi connectivity index (χ4n) is 4.86. The number of carbonyl (C=O) groups excluding carboxylic acids is 2. The molecule has 2 atom stereocenters. The number of urea groups is 1. The molecule has 3 rings (SSSR count). The third-order valence-electron chi connectivity index (χ3n) is 6.75. The molecule has 1 aromatic carbocycles. The van der Waals surface area contributed by atoms with Crippen molar-refractivity contribution in [2.24, 2.45) is 5.92 Å². The fraction of sp³-hybridized carbons (Fsp3) is 0.615. The maximum absolute atomic E-state index is 13.4. The van der Waals surface area contributed by atoms with E-state index in [4.69, 9.17) is 0 Å². The van der Waals surface area contributed by atoms with Gasteiger partial charge in [-0.25, -0.2) is 9.18 Å². The summed E-state index contributed by atoms with van der Waals surface area (Å²) in [5.74, 6) is -0.257. The minimum Gasteiger partial charge on any atom is -0.338 e. The molecule has 2 aliphatic heterocycles. The summed E-state index contributed by atoms with van der Waals surface area (Å²) in [6.07, 6.45) is 4.36. The highest BCUT2D eigenvalue weighted by Gasteiger charge is 2.33. The van der Waals surface area contributed by atoms with Crippen LogP contribution in [0.4, 0.5) is 9.18 Å². The van der Waals surface area contributed by atoms with Gasteiger partial charge in [0.25, 0.3) is 0 Å². The molecule has 33 heavy (non-hydrogen) atoms. The van der Waals surface area contributed by atoms with Crippen LogP contribution in [0.1, 0.15) is 58.1 Å². The van der Waals surface area contributed by atoms with Crippen LogP contribution >= 0.6 is 0 Å². The molecule has 2 saturated heterocycles. The quantitative estimate of drug-likeness (QED) is 0.650. The number of likely N-dealkylation sites (tertiary alicyclic amines) is 1. The molecular weight excluding hydrogens is 419 g/mol. The average Bonchev–Trinajstić information content (AvgIpc) is 3.08. The van der Waals surface area contributed by atoms with Crippen molar-refractivity contribution in [1.29, 1.82) is 0 Å². The van der Waals surface area contributed by atoms with Crippen LogP contribution in [0.2, 0.25) is 0 Å². The van der Waals surface area contributed by atoms with E-state index in [1.54, 1.807) is 12.1 Å². The van der Waals surface area contributed by atoms with Crippen molar-refractivity contribution in [3.8, 4) is 0 Å². The molecule has 182 valence electrons. The van der Waals surface area contributed by atoms with Crippen LogP contribution in [0.15, 0.2) is 36.4 Å².